The van der Waals surface area contributed by atoms with Gasteiger partial charge in [-0.05, 0) is 12.1 Å². The van der Waals surface area contributed by atoms with Crippen LogP contribution in [0.5, 0.6) is 0 Å². The van der Waals surface area contributed by atoms with E-state index in [4.69, 9.17) is 0 Å². The largest absolute Gasteiger partial charge is 0.362 e. The molecular weight excluding hydrogens is 252 g/mol. The number of aromatic nitrogens is 2. The van der Waals surface area contributed by atoms with Crippen LogP contribution in [0.4, 0.5) is 14.5 Å². The first-order chi connectivity index (χ1) is 9.02. The Balaban J connectivity index is 2.31. The number of hydrogen-bond acceptors (Lipinski definition) is 3. The minimum atomic E-state index is -0.765. The SMILES string of the molecule is CN(Cc1nccn1C)c1c(F)cc(C=O)cc1F. The Hall–Kier alpha value is -2.24. The maximum atomic E-state index is 13.8. The third kappa shape index (κ3) is 2.62. The minimum absolute atomic E-state index is 0.0239. The van der Waals surface area contributed by atoms with E-state index in [1.807, 2.05) is 0 Å². The first kappa shape index (κ1) is 13.2. The molecule has 0 spiro atoms. The van der Waals surface area contributed by atoms with Crippen molar-refractivity contribution in [3.8, 4) is 0 Å². The Morgan fingerprint density at radius 1 is 1.37 bits per heavy atom. The van der Waals surface area contributed by atoms with E-state index in [1.54, 1.807) is 31.1 Å². The highest BCUT2D eigenvalue weighted by atomic mass is 19.1. The molecule has 0 bridgehead atoms. The standard InChI is InChI=1S/C13H13F2N3O/c1-17-4-3-16-12(17)7-18(2)13-10(14)5-9(8-19)6-11(13)15/h3-6,8H,7H2,1-2H3. The normalized spacial score (nSPS) is 10.5. The predicted octanol–water partition coefficient (Wildman–Crippen LogP) is 2.15. The van der Waals surface area contributed by atoms with Crippen molar-refractivity contribution >= 4 is 12.0 Å². The fraction of sp³-hybridized carbons (Fsp3) is 0.231. The van der Waals surface area contributed by atoms with Crippen molar-refractivity contribution in [1.82, 2.24) is 9.55 Å². The summed E-state index contributed by atoms with van der Waals surface area (Å²) < 4.78 is 29.4. The second-order valence-corrected chi connectivity index (χ2v) is 4.26. The number of aryl methyl sites for hydroxylation is 1. The Morgan fingerprint density at radius 3 is 2.47 bits per heavy atom. The Bertz CT molecular complexity index is 587. The van der Waals surface area contributed by atoms with Gasteiger partial charge in [0.2, 0.25) is 0 Å². The van der Waals surface area contributed by atoms with Gasteiger partial charge in [-0.2, -0.15) is 0 Å². The van der Waals surface area contributed by atoms with Crippen molar-refractivity contribution in [1.29, 1.82) is 0 Å². The van der Waals surface area contributed by atoms with E-state index in [0.717, 1.165) is 12.1 Å². The van der Waals surface area contributed by atoms with Gasteiger partial charge in [0.15, 0.2) is 0 Å². The molecule has 2 aromatic rings. The second-order valence-electron chi connectivity index (χ2n) is 4.26. The molecule has 1 aromatic carbocycles. The van der Waals surface area contributed by atoms with Gasteiger partial charge in [-0.15, -0.1) is 0 Å². The molecule has 0 aliphatic carbocycles. The molecule has 2 rings (SSSR count). The summed E-state index contributed by atoms with van der Waals surface area (Å²) in [6.07, 6.45) is 3.78. The van der Waals surface area contributed by atoms with Gasteiger partial charge < -0.3 is 9.47 Å². The summed E-state index contributed by atoms with van der Waals surface area (Å²) in [6, 6.07) is 2.03. The first-order valence-electron chi connectivity index (χ1n) is 5.64. The van der Waals surface area contributed by atoms with Gasteiger partial charge in [-0.1, -0.05) is 0 Å². The fourth-order valence-electron chi connectivity index (χ4n) is 1.86. The van der Waals surface area contributed by atoms with Crippen molar-refractivity contribution < 1.29 is 13.6 Å². The molecule has 0 aliphatic rings. The number of aldehydes is 1. The Morgan fingerprint density at radius 2 is 2.00 bits per heavy atom. The predicted molar refractivity (Wildman–Crippen MR) is 67.1 cm³/mol. The molecule has 4 nitrogen and oxygen atoms in total. The average molecular weight is 265 g/mol. The number of anilines is 1. The van der Waals surface area contributed by atoms with Crippen LogP contribution in [0.3, 0.4) is 0 Å². The lowest BCUT2D eigenvalue weighted by atomic mass is 10.2. The van der Waals surface area contributed by atoms with Gasteiger partial charge in [-0.25, -0.2) is 13.8 Å². The maximum Gasteiger partial charge on any atom is 0.150 e. The summed E-state index contributed by atoms with van der Waals surface area (Å²) in [6.45, 7) is 0.262. The number of carbonyl (C=O) groups excluding carboxylic acids is 1. The summed E-state index contributed by atoms with van der Waals surface area (Å²) >= 11 is 0. The van der Waals surface area contributed by atoms with Crippen LogP contribution in [-0.2, 0) is 13.6 Å². The van der Waals surface area contributed by atoms with Gasteiger partial charge in [0.05, 0.1) is 6.54 Å². The molecule has 0 aliphatic heterocycles. The smallest absolute Gasteiger partial charge is 0.150 e. The van der Waals surface area contributed by atoms with Gasteiger partial charge in [0, 0.05) is 32.1 Å². The molecule has 0 N–H and O–H groups in total. The topological polar surface area (TPSA) is 38.1 Å². The molecule has 19 heavy (non-hydrogen) atoms. The Kier molecular flexibility index (Phi) is 3.59. The van der Waals surface area contributed by atoms with Gasteiger partial charge in [-0.3, -0.25) is 4.79 Å². The molecule has 0 unspecified atom stereocenters. The zero-order chi connectivity index (χ0) is 14.0. The monoisotopic (exact) mass is 265 g/mol. The fourth-order valence-corrected chi connectivity index (χ4v) is 1.86. The van der Waals surface area contributed by atoms with E-state index in [-0.39, 0.29) is 17.8 Å². The van der Waals surface area contributed by atoms with Gasteiger partial charge >= 0.3 is 0 Å². The molecule has 1 heterocycles. The molecule has 0 saturated carbocycles. The summed E-state index contributed by atoms with van der Waals surface area (Å²) in [5.41, 5.74) is -0.197. The van der Waals surface area contributed by atoms with Crippen LogP contribution in [0.2, 0.25) is 0 Å². The number of carbonyl (C=O) groups is 1. The molecule has 0 amide bonds. The summed E-state index contributed by atoms with van der Waals surface area (Å²) in [5, 5.41) is 0. The van der Waals surface area contributed by atoms with Crippen LogP contribution in [0.25, 0.3) is 0 Å². The highest BCUT2D eigenvalue weighted by molar-refractivity contribution is 5.76. The summed E-state index contributed by atoms with van der Waals surface area (Å²) in [5.74, 6) is -0.849. The van der Waals surface area contributed by atoms with Crippen LogP contribution in [0.1, 0.15) is 16.2 Å². The van der Waals surface area contributed by atoms with Crippen molar-refractivity contribution in [2.24, 2.45) is 7.05 Å². The van der Waals surface area contributed by atoms with E-state index in [9.17, 15) is 13.6 Å². The molecule has 0 fully saturated rings. The number of imidazole rings is 1. The Labute approximate surface area is 109 Å². The highest BCUT2D eigenvalue weighted by Crippen LogP contribution is 2.24. The number of halogens is 2. The molecule has 100 valence electrons. The lowest BCUT2D eigenvalue weighted by Gasteiger charge is -2.20. The first-order valence-corrected chi connectivity index (χ1v) is 5.64. The second kappa shape index (κ2) is 5.17. The van der Waals surface area contributed by atoms with Crippen molar-refractivity contribution in [3.63, 3.8) is 0 Å². The van der Waals surface area contributed by atoms with Crippen molar-refractivity contribution in [3.05, 3.63) is 47.5 Å². The van der Waals surface area contributed by atoms with Crippen LogP contribution < -0.4 is 4.90 Å². The van der Waals surface area contributed by atoms with E-state index in [0.29, 0.717) is 12.1 Å². The van der Waals surface area contributed by atoms with E-state index in [1.165, 1.54) is 4.90 Å². The van der Waals surface area contributed by atoms with Gasteiger partial charge in [0.25, 0.3) is 0 Å². The number of rotatable bonds is 4. The zero-order valence-electron chi connectivity index (χ0n) is 10.6. The number of benzene rings is 1. The van der Waals surface area contributed by atoms with E-state index in [2.05, 4.69) is 4.98 Å². The van der Waals surface area contributed by atoms with Crippen molar-refractivity contribution in [2.75, 3.05) is 11.9 Å². The molecule has 0 saturated heterocycles. The van der Waals surface area contributed by atoms with Crippen LogP contribution in [0.15, 0.2) is 24.5 Å². The van der Waals surface area contributed by atoms with Crippen molar-refractivity contribution in [2.45, 2.75) is 6.54 Å². The number of hydrogen-bond donors (Lipinski definition) is 0. The molecular formula is C13H13F2N3O. The number of nitrogens with zero attached hydrogens (tertiary/aromatic N) is 3. The average Bonchev–Trinajstić information content (AvgIpc) is 2.74. The molecule has 6 heteroatoms. The van der Waals surface area contributed by atoms with Gasteiger partial charge in [0.1, 0.15) is 29.4 Å². The summed E-state index contributed by atoms with van der Waals surface area (Å²) in [4.78, 5) is 16.0. The third-order valence-corrected chi connectivity index (χ3v) is 2.86. The molecule has 0 atom stereocenters. The molecule has 0 radical (unpaired) electrons. The zero-order valence-corrected chi connectivity index (χ0v) is 10.6. The lowest BCUT2D eigenvalue weighted by molar-refractivity contribution is 0.112. The maximum absolute atomic E-state index is 13.8. The van der Waals surface area contributed by atoms with Crippen LogP contribution in [-0.4, -0.2) is 22.9 Å². The lowest BCUT2D eigenvalue weighted by Crippen LogP contribution is -2.21. The quantitative estimate of drug-likeness (QED) is 0.795. The summed E-state index contributed by atoms with van der Waals surface area (Å²) in [7, 11) is 3.37. The molecule has 1 aromatic heterocycles. The van der Waals surface area contributed by atoms with E-state index < -0.39 is 11.6 Å². The van der Waals surface area contributed by atoms with E-state index >= 15 is 0 Å². The highest BCUT2D eigenvalue weighted by Gasteiger charge is 2.16. The van der Waals surface area contributed by atoms with Crippen LogP contribution >= 0.6 is 0 Å². The van der Waals surface area contributed by atoms with Crippen LogP contribution in [0, 0.1) is 11.6 Å². The minimum Gasteiger partial charge on any atom is -0.362 e. The third-order valence-electron chi connectivity index (χ3n) is 2.86.